The van der Waals surface area contributed by atoms with Crippen LogP contribution >= 0.6 is 0 Å². The SMILES string of the molecule is O=C1CC(Nc2ccc([N+](=O)[O-])cc2)C(=O)N1c1ccccc1. The maximum atomic E-state index is 12.4. The summed E-state index contributed by atoms with van der Waals surface area (Å²) >= 11 is 0. The number of nitro benzene ring substituents is 1. The number of para-hydroxylation sites is 1. The molecule has 0 saturated carbocycles. The Balaban J connectivity index is 1.76. The van der Waals surface area contributed by atoms with Gasteiger partial charge in [0.15, 0.2) is 0 Å². The van der Waals surface area contributed by atoms with E-state index in [4.69, 9.17) is 0 Å². The summed E-state index contributed by atoms with van der Waals surface area (Å²) in [5.74, 6) is -0.611. The molecule has 1 unspecified atom stereocenters. The maximum Gasteiger partial charge on any atom is 0.269 e. The van der Waals surface area contributed by atoms with Crippen molar-refractivity contribution in [3.8, 4) is 0 Å². The van der Waals surface area contributed by atoms with E-state index in [0.717, 1.165) is 4.90 Å². The molecule has 1 aliphatic heterocycles. The van der Waals surface area contributed by atoms with E-state index in [1.807, 2.05) is 0 Å². The summed E-state index contributed by atoms with van der Waals surface area (Å²) < 4.78 is 0. The molecule has 0 aromatic heterocycles. The van der Waals surface area contributed by atoms with Crippen molar-refractivity contribution in [3.05, 3.63) is 64.7 Å². The molecule has 0 bridgehead atoms. The lowest BCUT2D eigenvalue weighted by atomic mass is 10.2. The molecule has 1 N–H and O–H groups in total. The van der Waals surface area contributed by atoms with Crippen LogP contribution in [0.1, 0.15) is 6.42 Å². The molecule has 23 heavy (non-hydrogen) atoms. The average molecular weight is 311 g/mol. The first-order valence-electron chi connectivity index (χ1n) is 6.99. The van der Waals surface area contributed by atoms with E-state index in [0.29, 0.717) is 11.4 Å². The van der Waals surface area contributed by atoms with Gasteiger partial charge in [0.2, 0.25) is 5.91 Å². The molecule has 0 spiro atoms. The number of nitrogens with one attached hydrogen (secondary N) is 1. The van der Waals surface area contributed by atoms with Crippen LogP contribution in [0.25, 0.3) is 0 Å². The molecule has 2 aromatic rings. The second-order valence-corrected chi connectivity index (χ2v) is 5.11. The highest BCUT2D eigenvalue weighted by Gasteiger charge is 2.39. The van der Waals surface area contributed by atoms with Gasteiger partial charge in [-0.25, -0.2) is 4.90 Å². The van der Waals surface area contributed by atoms with Gasteiger partial charge >= 0.3 is 0 Å². The first-order chi connectivity index (χ1) is 11.1. The molecular weight excluding hydrogens is 298 g/mol. The number of imide groups is 1. The lowest BCUT2D eigenvalue weighted by Crippen LogP contribution is -2.34. The molecule has 0 radical (unpaired) electrons. The number of amides is 2. The number of carbonyl (C=O) groups excluding carboxylic acids is 2. The molecule has 0 aliphatic carbocycles. The van der Waals surface area contributed by atoms with Crippen LogP contribution in [0.15, 0.2) is 54.6 Å². The van der Waals surface area contributed by atoms with Crippen LogP contribution in [-0.2, 0) is 9.59 Å². The normalized spacial score (nSPS) is 17.4. The van der Waals surface area contributed by atoms with Gasteiger partial charge in [-0.15, -0.1) is 0 Å². The predicted octanol–water partition coefficient (Wildman–Crippen LogP) is 2.34. The molecule has 2 amide bonds. The summed E-state index contributed by atoms with van der Waals surface area (Å²) in [5.41, 5.74) is 1.06. The Morgan fingerprint density at radius 2 is 1.70 bits per heavy atom. The van der Waals surface area contributed by atoms with Crippen LogP contribution < -0.4 is 10.2 Å². The Hall–Kier alpha value is -3.22. The van der Waals surface area contributed by atoms with Crippen molar-refractivity contribution < 1.29 is 14.5 Å². The molecule has 1 saturated heterocycles. The summed E-state index contributed by atoms with van der Waals surface area (Å²) in [6.07, 6.45) is 0.0463. The number of non-ortho nitro benzene ring substituents is 1. The molecular formula is C16H13N3O4. The summed E-state index contributed by atoms with van der Waals surface area (Å²) in [5, 5.41) is 13.6. The van der Waals surface area contributed by atoms with Gasteiger partial charge in [0.25, 0.3) is 11.6 Å². The van der Waals surface area contributed by atoms with Crippen LogP contribution in [0.4, 0.5) is 17.1 Å². The standard InChI is InChI=1S/C16H13N3O4/c20-15-10-14(16(21)18(15)12-4-2-1-3-5-12)17-11-6-8-13(9-7-11)19(22)23/h1-9,14,17H,10H2. The van der Waals surface area contributed by atoms with E-state index in [-0.39, 0.29) is 23.9 Å². The third kappa shape index (κ3) is 2.89. The fourth-order valence-electron chi connectivity index (χ4n) is 2.47. The largest absolute Gasteiger partial charge is 0.373 e. The van der Waals surface area contributed by atoms with Crippen LogP contribution in [0.3, 0.4) is 0 Å². The number of benzene rings is 2. The van der Waals surface area contributed by atoms with Gasteiger partial charge in [0, 0.05) is 17.8 Å². The number of hydrogen-bond donors (Lipinski definition) is 1. The Kier molecular flexibility index (Phi) is 3.76. The summed E-state index contributed by atoms with van der Waals surface area (Å²) in [7, 11) is 0. The lowest BCUT2D eigenvalue weighted by Gasteiger charge is -2.15. The number of anilines is 2. The number of carbonyl (C=O) groups is 2. The van der Waals surface area contributed by atoms with Crippen LogP contribution in [0, 0.1) is 10.1 Å². The van der Waals surface area contributed by atoms with Gasteiger partial charge in [-0.1, -0.05) is 18.2 Å². The molecule has 7 heteroatoms. The van der Waals surface area contributed by atoms with Crippen LogP contribution in [0.2, 0.25) is 0 Å². The van der Waals surface area contributed by atoms with Crippen molar-refractivity contribution in [2.45, 2.75) is 12.5 Å². The van der Waals surface area contributed by atoms with E-state index in [9.17, 15) is 19.7 Å². The Morgan fingerprint density at radius 1 is 1.04 bits per heavy atom. The van der Waals surface area contributed by atoms with Gasteiger partial charge in [0.1, 0.15) is 6.04 Å². The molecule has 3 rings (SSSR count). The van der Waals surface area contributed by atoms with Gasteiger partial charge in [0.05, 0.1) is 17.0 Å². The number of nitro groups is 1. The zero-order valence-electron chi connectivity index (χ0n) is 12.0. The third-order valence-electron chi connectivity index (χ3n) is 3.58. The highest BCUT2D eigenvalue weighted by Crippen LogP contribution is 2.25. The van der Waals surface area contributed by atoms with Crippen LogP contribution in [0.5, 0.6) is 0 Å². The molecule has 1 fully saturated rings. The third-order valence-corrected chi connectivity index (χ3v) is 3.58. The van der Waals surface area contributed by atoms with Gasteiger partial charge in [-0.3, -0.25) is 19.7 Å². The monoisotopic (exact) mass is 311 g/mol. The van der Waals surface area contributed by atoms with Crippen molar-refractivity contribution in [3.63, 3.8) is 0 Å². The van der Waals surface area contributed by atoms with E-state index < -0.39 is 11.0 Å². The summed E-state index contributed by atoms with van der Waals surface area (Å²) in [4.78, 5) is 35.8. The van der Waals surface area contributed by atoms with E-state index in [2.05, 4.69) is 5.32 Å². The quantitative estimate of drug-likeness (QED) is 0.531. The van der Waals surface area contributed by atoms with Crippen LogP contribution in [-0.4, -0.2) is 22.8 Å². The predicted molar refractivity (Wildman–Crippen MR) is 84.1 cm³/mol. The van der Waals surface area contributed by atoms with Gasteiger partial charge < -0.3 is 5.32 Å². The van der Waals surface area contributed by atoms with Crippen molar-refractivity contribution in [2.24, 2.45) is 0 Å². The highest BCUT2D eigenvalue weighted by molar-refractivity contribution is 6.23. The smallest absolute Gasteiger partial charge is 0.269 e. The second-order valence-electron chi connectivity index (χ2n) is 5.11. The molecule has 116 valence electrons. The van der Waals surface area contributed by atoms with Gasteiger partial charge in [-0.2, -0.15) is 0 Å². The van der Waals surface area contributed by atoms with E-state index >= 15 is 0 Å². The van der Waals surface area contributed by atoms with Crippen molar-refractivity contribution in [1.29, 1.82) is 0 Å². The molecule has 7 nitrogen and oxygen atoms in total. The molecule has 1 atom stereocenters. The van der Waals surface area contributed by atoms with Crippen molar-refractivity contribution in [1.82, 2.24) is 0 Å². The Morgan fingerprint density at radius 3 is 2.30 bits per heavy atom. The lowest BCUT2D eigenvalue weighted by molar-refractivity contribution is -0.384. The molecule has 1 aliphatic rings. The fourth-order valence-corrected chi connectivity index (χ4v) is 2.47. The first-order valence-corrected chi connectivity index (χ1v) is 6.99. The Labute approximate surface area is 131 Å². The zero-order valence-corrected chi connectivity index (χ0v) is 12.0. The minimum absolute atomic E-state index is 0.0321. The number of rotatable bonds is 4. The Bertz CT molecular complexity index is 759. The molecule has 1 heterocycles. The minimum Gasteiger partial charge on any atom is -0.373 e. The molecule has 2 aromatic carbocycles. The number of nitrogens with zero attached hydrogens (tertiary/aromatic N) is 2. The average Bonchev–Trinajstić information content (AvgIpc) is 2.82. The van der Waals surface area contributed by atoms with Crippen molar-refractivity contribution in [2.75, 3.05) is 10.2 Å². The summed E-state index contributed by atoms with van der Waals surface area (Å²) in [6.45, 7) is 0. The number of hydrogen-bond acceptors (Lipinski definition) is 5. The minimum atomic E-state index is -0.677. The van der Waals surface area contributed by atoms with E-state index in [1.54, 1.807) is 30.3 Å². The fraction of sp³-hybridized carbons (Fsp3) is 0.125. The van der Waals surface area contributed by atoms with E-state index in [1.165, 1.54) is 24.3 Å². The topological polar surface area (TPSA) is 92.5 Å². The highest BCUT2D eigenvalue weighted by atomic mass is 16.6. The van der Waals surface area contributed by atoms with Crippen molar-refractivity contribution >= 4 is 28.9 Å². The zero-order chi connectivity index (χ0) is 16.4. The first kappa shape index (κ1) is 14.7. The second kappa shape index (κ2) is 5.88. The maximum absolute atomic E-state index is 12.4. The summed E-state index contributed by atoms with van der Waals surface area (Å²) in [6, 6.07) is 13.8. The van der Waals surface area contributed by atoms with Gasteiger partial charge in [-0.05, 0) is 24.3 Å².